The van der Waals surface area contributed by atoms with Crippen molar-refractivity contribution in [1.29, 1.82) is 0 Å². The van der Waals surface area contributed by atoms with Gasteiger partial charge >= 0.3 is 6.03 Å². The first-order valence-corrected chi connectivity index (χ1v) is 12.9. The van der Waals surface area contributed by atoms with E-state index in [9.17, 15) is 18.0 Å². The maximum absolute atomic E-state index is 12.8. The number of urea groups is 1. The fourth-order valence-electron chi connectivity index (χ4n) is 3.59. The Morgan fingerprint density at radius 3 is 2.09 bits per heavy atom. The Balaban J connectivity index is 1.28. The Morgan fingerprint density at radius 2 is 1.48 bits per heavy atom. The molecule has 10 heteroatoms. The van der Waals surface area contributed by atoms with Crippen molar-refractivity contribution >= 4 is 44.7 Å². The van der Waals surface area contributed by atoms with Crippen LogP contribution in [0.2, 0.25) is 0 Å². The van der Waals surface area contributed by atoms with Gasteiger partial charge in [-0.2, -0.15) is 0 Å². The van der Waals surface area contributed by atoms with E-state index in [1.807, 2.05) is 18.2 Å². The molecule has 2 aromatic carbocycles. The molecule has 0 atom stereocenters. The van der Waals surface area contributed by atoms with Gasteiger partial charge in [-0.15, -0.1) is 11.3 Å². The second-order valence-corrected chi connectivity index (χ2v) is 10.5. The SMILES string of the molecule is O=C(Nc1ccccc1)Nc1ccc(C(=O)N2CCC(NS(=O)(=O)c3cccs3)CC2)cc1. The van der Waals surface area contributed by atoms with Crippen molar-refractivity contribution in [2.24, 2.45) is 0 Å². The van der Waals surface area contributed by atoms with E-state index in [1.54, 1.807) is 58.8 Å². The maximum Gasteiger partial charge on any atom is 0.323 e. The van der Waals surface area contributed by atoms with Crippen molar-refractivity contribution in [2.45, 2.75) is 23.1 Å². The largest absolute Gasteiger partial charge is 0.339 e. The first-order valence-electron chi connectivity index (χ1n) is 10.5. The van der Waals surface area contributed by atoms with Crippen LogP contribution in [-0.4, -0.2) is 44.4 Å². The molecule has 1 aliphatic rings. The summed E-state index contributed by atoms with van der Waals surface area (Å²) in [6.07, 6.45) is 1.10. The molecule has 0 aliphatic carbocycles. The summed E-state index contributed by atoms with van der Waals surface area (Å²) in [6, 6.07) is 18.5. The van der Waals surface area contributed by atoms with Crippen LogP contribution in [0.3, 0.4) is 0 Å². The number of sulfonamides is 1. The highest BCUT2D eigenvalue weighted by atomic mass is 32.2. The number of nitrogens with zero attached hydrogens (tertiary/aromatic N) is 1. The summed E-state index contributed by atoms with van der Waals surface area (Å²) in [5.41, 5.74) is 1.77. The lowest BCUT2D eigenvalue weighted by Crippen LogP contribution is -2.46. The van der Waals surface area contributed by atoms with Crippen molar-refractivity contribution in [3.63, 3.8) is 0 Å². The lowest BCUT2D eigenvalue weighted by Gasteiger charge is -2.32. The molecule has 8 nitrogen and oxygen atoms in total. The number of anilines is 2. The second-order valence-electron chi connectivity index (χ2n) is 7.64. The molecule has 2 heterocycles. The highest BCUT2D eigenvalue weighted by Gasteiger charge is 2.27. The highest BCUT2D eigenvalue weighted by Crippen LogP contribution is 2.20. The average Bonchev–Trinajstić information content (AvgIpc) is 3.36. The van der Waals surface area contributed by atoms with Gasteiger partial charge in [0.1, 0.15) is 4.21 Å². The predicted molar refractivity (Wildman–Crippen MR) is 129 cm³/mol. The zero-order valence-electron chi connectivity index (χ0n) is 17.7. The van der Waals surface area contributed by atoms with E-state index < -0.39 is 10.0 Å². The molecule has 3 N–H and O–H groups in total. The fourth-order valence-corrected chi connectivity index (χ4v) is 5.90. The second kappa shape index (κ2) is 10.2. The van der Waals surface area contributed by atoms with Crippen LogP contribution in [0.5, 0.6) is 0 Å². The van der Waals surface area contributed by atoms with Crippen molar-refractivity contribution in [2.75, 3.05) is 23.7 Å². The number of hydrogen-bond donors (Lipinski definition) is 3. The minimum Gasteiger partial charge on any atom is -0.339 e. The summed E-state index contributed by atoms with van der Waals surface area (Å²) in [5, 5.41) is 7.20. The van der Waals surface area contributed by atoms with E-state index in [-0.39, 0.29) is 18.0 Å². The van der Waals surface area contributed by atoms with Crippen LogP contribution in [0.4, 0.5) is 16.2 Å². The molecule has 1 saturated heterocycles. The van der Waals surface area contributed by atoms with Crippen LogP contribution in [0.25, 0.3) is 0 Å². The smallest absolute Gasteiger partial charge is 0.323 e. The van der Waals surface area contributed by atoms with Crippen molar-refractivity contribution in [3.05, 3.63) is 77.7 Å². The first-order chi connectivity index (χ1) is 15.9. The zero-order chi connectivity index (χ0) is 23.3. The molecule has 33 heavy (non-hydrogen) atoms. The number of benzene rings is 2. The number of carbonyl (C=O) groups is 2. The summed E-state index contributed by atoms with van der Waals surface area (Å²) in [6.45, 7) is 0.936. The number of nitrogens with one attached hydrogen (secondary N) is 3. The van der Waals surface area contributed by atoms with Crippen LogP contribution in [0.1, 0.15) is 23.2 Å². The van der Waals surface area contributed by atoms with Gasteiger partial charge in [0.05, 0.1) is 0 Å². The van der Waals surface area contributed by atoms with Gasteiger partial charge < -0.3 is 15.5 Å². The fraction of sp³-hybridized carbons (Fsp3) is 0.217. The third-order valence-corrected chi connectivity index (χ3v) is 8.20. The molecule has 1 aromatic heterocycles. The molecule has 4 rings (SSSR count). The number of thiophene rings is 1. The Bertz CT molecular complexity index is 1190. The van der Waals surface area contributed by atoms with Crippen LogP contribution < -0.4 is 15.4 Å². The third-order valence-electron chi connectivity index (χ3n) is 5.29. The molecule has 3 aromatic rings. The number of para-hydroxylation sites is 1. The summed E-state index contributed by atoms with van der Waals surface area (Å²) >= 11 is 1.18. The van der Waals surface area contributed by atoms with E-state index in [0.717, 1.165) is 0 Å². The van der Waals surface area contributed by atoms with E-state index in [1.165, 1.54) is 11.3 Å². The van der Waals surface area contributed by atoms with Crippen molar-refractivity contribution in [3.8, 4) is 0 Å². The number of amides is 3. The van der Waals surface area contributed by atoms with Gasteiger partial charge in [0.25, 0.3) is 5.91 Å². The van der Waals surface area contributed by atoms with E-state index in [4.69, 9.17) is 0 Å². The molecule has 0 unspecified atom stereocenters. The number of likely N-dealkylation sites (tertiary alicyclic amines) is 1. The number of piperidine rings is 1. The minimum absolute atomic E-state index is 0.116. The van der Waals surface area contributed by atoms with E-state index in [2.05, 4.69) is 15.4 Å². The average molecular weight is 485 g/mol. The molecule has 1 aliphatic heterocycles. The molecular formula is C23H24N4O4S2. The Morgan fingerprint density at radius 1 is 0.848 bits per heavy atom. The molecule has 0 saturated carbocycles. The lowest BCUT2D eigenvalue weighted by atomic mass is 10.0. The lowest BCUT2D eigenvalue weighted by molar-refractivity contribution is 0.0711. The van der Waals surface area contributed by atoms with Crippen LogP contribution in [0, 0.1) is 0 Å². The molecule has 0 bridgehead atoms. The molecule has 1 fully saturated rings. The van der Waals surface area contributed by atoms with Gasteiger partial charge in [0, 0.05) is 36.1 Å². The maximum atomic E-state index is 12.8. The molecule has 0 radical (unpaired) electrons. The number of carbonyl (C=O) groups excluding carboxylic acids is 2. The Hall–Kier alpha value is -3.21. The van der Waals surface area contributed by atoms with Crippen molar-refractivity contribution < 1.29 is 18.0 Å². The van der Waals surface area contributed by atoms with Gasteiger partial charge in [-0.1, -0.05) is 24.3 Å². The summed E-state index contributed by atoms with van der Waals surface area (Å²) in [4.78, 5) is 26.7. The van der Waals surface area contributed by atoms with Crippen LogP contribution in [-0.2, 0) is 10.0 Å². The minimum atomic E-state index is -3.52. The normalized spacial score (nSPS) is 14.6. The van der Waals surface area contributed by atoms with E-state index >= 15 is 0 Å². The monoisotopic (exact) mass is 484 g/mol. The predicted octanol–water partition coefficient (Wildman–Crippen LogP) is 3.98. The third kappa shape index (κ3) is 5.98. The summed E-state index contributed by atoms with van der Waals surface area (Å²) in [7, 11) is -3.52. The number of hydrogen-bond acceptors (Lipinski definition) is 5. The molecule has 3 amide bonds. The van der Waals surface area contributed by atoms with Crippen LogP contribution in [0.15, 0.2) is 76.3 Å². The Labute approximate surface area is 196 Å². The van der Waals surface area contributed by atoms with Gasteiger partial charge in [0.2, 0.25) is 10.0 Å². The zero-order valence-corrected chi connectivity index (χ0v) is 19.4. The number of rotatable bonds is 6. The van der Waals surface area contributed by atoms with Gasteiger partial charge in [-0.3, -0.25) is 4.79 Å². The van der Waals surface area contributed by atoms with Crippen LogP contribution >= 0.6 is 11.3 Å². The first kappa shape index (κ1) is 23.0. The van der Waals surface area contributed by atoms with Gasteiger partial charge in [0.15, 0.2) is 0 Å². The summed E-state index contributed by atoms with van der Waals surface area (Å²) in [5.74, 6) is -0.116. The Kier molecular flexibility index (Phi) is 7.07. The summed E-state index contributed by atoms with van der Waals surface area (Å²) < 4.78 is 27.8. The topological polar surface area (TPSA) is 108 Å². The highest BCUT2D eigenvalue weighted by molar-refractivity contribution is 7.91. The van der Waals surface area contributed by atoms with Gasteiger partial charge in [-0.05, 0) is 60.7 Å². The standard InChI is InChI=1S/C23H24N4O4S2/c28-22(27-14-12-20(13-15-27)26-33(30,31)21-7-4-16-32-21)17-8-10-19(11-9-17)25-23(29)24-18-5-2-1-3-6-18/h1-11,16,20,26H,12-15H2,(H2,24,25,29). The van der Waals surface area contributed by atoms with Crippen molar-refractivity contribution in [1.82, 2.24) is 9.62 Å². The molecule has 172 valence electrons. The van der Waals surface area contributed by atoms with Gasteiger partial charge in [-0.25, -0.2) is 17.9 Å². The quantitative estimate of drug-likeness (QED) is 0.492. The molecule has 0 spiro atoms. The van der Waals surface area contributed by atoms with E-state index in [0.29, 0.717) is 47.1 Å². The molecular weight excluding hydrogens is 460 g/mol.